The Morgan fingerprint density at radius 1 is 0.324 bits per heavy atom. The van der Waals surface area contributed by atoms with Gasteiger partial charge in [-0.05, 0) is 72.9 Å². The molecule has 0 amide bonds. The van der Waals surface area contributed by atoms with E-state index in [1.54, 1.807) is 0 Å². The summed E-state index contributed by atoms with van der Waals surface area (Å²) in [6, 6.07) is 47.7. The van der Waals surface area contributed by atoms with Gasteiger partial charge >= 0.3 is 0 Å². The van der Waals surface area contributed by atoms with Crippen molar-refractivity contribution < 1.29 is 4.74 Å². The van der Waals surface area contributed by atoms with Crippen molar-refractivity contribution in [3.8, 4) is 44.9 Å². The Bertz CT molecular complexity index is 1940. The van der Waals surface area contributed by atoms with E-state index in [1.807, 2.05) is 12.1 Å². The molecule has 1 heterocycles. The summed E-state index contributed by atoms with van der Waals surface area (Å²) < 4.78 is 6.39. The van der Waals surface area contributed by atoms with Gasteiger partial charge in [-0.1, -0.05) is 115 Å². The topological polar surface area (TPSA) is 9.23 Å². The number of hydrogen-bond acceptors (Lipinski definition) is 1. The van der Waals surface area contributed by atoms with E-state index in [1.165, 1.54) is 60.1 Å². The van der Waals surface area contributed by atoms with E-state index in [4.69, 9.17) is 4.74 Å². The van der Waals surface area contributed by atoms with Gasteiger partial charge < -0.3 is 4.74 Å². The van der Waals surface area contributed by atoms with E-state index in [-0.39, 0.29) is 0 Å². The molecule has 0 unspecified atom stereocenters. The Labute approximate surface area is 215 Å². The molecule has 37 heavy (non-hydrogen) atoms. The Morgan fingerprint density at radius 2 is 0.892 bits per heavy atom. The molecule has 1 heteroatoms. The molecule has 0 fully saturated rings. The number of para-hydroxylation sites is 1. The fraction of sp³-hybridized carbons (Fsp3) is 0. The number of benzene rings is 7. The van der Waals surface area contributed by atoms with Gasteiger partial charge in [0.2, 0.25) is 0 Å². The largest absolute Gasteiger partial charge is 0.456 e. The van der Waals surface area contributed by atoms with Gasteiger partial charge in [-0.25, -0.2) is 0 Å². The zero-order valence-electron chi connectivity index (χ0n) is 20.1. The van der Waals surface area contributed by atoms with Gasteiger partial charge in [0.25, 0.3) is 0 Å². The van der Waals surface area contributed by atoms with Crippen molar-refractivity contribution in [3.05, 3.63) is 133 Å². The highest BCUT2D eigenvalue weighted by molar-refractivity contribution is 6.24. The number of ether oxygens (including phenoxy) is 1. The molecule has 0 N–H and O–H groups in total. The highest BCUT2D eigenvalue weighted by atomic mass is 16.5. The van der Waals surface area contributed by atoms with Crippen molar-refractivity contribution in [1.29, 1.82) is 0 Å². The highest BCUT2D eigenvalue weighted by Gasteiger charge is 2.23. The van der Waals surface area contributed by atoms with E-state index >= 15 is 0 Å². The predicted molar refractivity (Wildman–Crippen MR) is 155 cm³/mol. The van der Waals surface area contributed by atoms with Crippen LogP contribution in [0.5, 0.6) is 11.5 Å². The Kier molecular flexibility index (Phi) is 4.29. The molecule has 0 saturated heterocycles. The average molecular weight is 471 g/mol. The minimum Gasteiger partial charge on any atom is -0.456 e. The first-order valence-electron chi connectivity index (χ1n) is 12.7. The second kappa shape index (κ2) is 7.81. The molecule has 7 aromatic rings. The van der Waals surface area contributed by atoms with Crippen molar-refractivity contribution in [1.82, 2.24) is 0 Å². The normalized spacial score (nSPS) is 12.0. The van der Waals surface area contributed by atoms with E-state index in [9.17, 15) is 0 Å². The molecule has 0 bridgehead atoms. The fourth-order valence-corrected chi connectivity index (χ4v) is 6.13. The van der Waals surface area contributed by atoms with Gasteiger partial charge in [0.05, 0.1) is 0 Å². The third-order valence-electron chi connectivity index (χ3n) is 7.66. The summed E-state index contributed by atoms with van der Waals surface area (Å²) in [7, 11) is 0. The molecule has 1 nitrogen and oxygen atoms in total. The van der Waals surface area contributed by atoms with Gasteiger partial charge in [-0.2, -0.15) is 0 Å². The predicted octanol–water partition coefficient (Wildman–Crippen LogP) is 10.3. The first-order valence-corrected chi connectivity index (χ1v) is 12.7. The molecule has 0 radical (unpaired) electrons. The van der Waals surface area contributed by atoms with Gasteiger partial charge in [0.1, 0.15) is 11.5 Å². The summed E-state index contributed by atoms with van der Waals surface area (Å²) in [4.78, 5) is 0. The first kappa shape index (κ1) is 20.3. The molecule has 0 atom stereocenters. The standard InChI is InChI=1S/C36H22O/c1-2-11-23(12-3-1)34-26-14-4-6-16-28(26)35(29-17-7-5-15-27(29)34)31-21-22-33-36-25(18-10-19-30(31)36)24-13-8-9-20-32(24)37-33/h1-22H. The van der Waals surface area contributed by atoms with Crippen LogP contribution in [0.15, 0.2) is 133 Å². The molecule has 0 aliphatic carbocycles. The van der Waals surface area contributed by atoms with Crippen molar-refractivity contribution in [2.75, 3.05) is 0 Å². The van der Waals surface area contributed by atoms with Crippen LogP contribution in [0.2, 0.25) is 0 Å². The lowest BCUT2D eigenvalue weighted by molar-refractivity contribution is 0.487. The van der Waals surface area contributed by atoms with Crippen LogP contribution in [0.3, 0.4) is 0 Å². The van der Waals surface area contributed by atoms with Gasteiger partial charge in [0, 0.05) is 10.9 Å². The maximum absolute atomic E-state index is 6.39. The minimum absolute atomic E-state index is 0.915. The quantitative estimate of drug-likeness (QED) is 0.228. The van der Waals surface area contributed by atoms with E-state index in [0.29, 0.717) is 0 Å². The summed E-state index contributed by atoms with van der Waals surface area (Å²) >= 11 is 0. The van der Waals surface area contributed by atoms with Crippen LogP contribution >= 0.6 is 0 Å². The molecule has 8 rings (SSSR count). The van der Waals surface area contributed by atoms with Gasteiger partial charge in [0.15, 0.2) is 0 Å². The smallest absolute Gasteiger partial charge is 0.135 e. The van der Waals surface area contributed by atoms with Crippen LogP contribution in [-0.4, -0.2) is 0 Å². The van der Waals surface area contributed by atoms with Crippen molar-refractivity contribution >= 4 is 32.3 Å². The van der Waals surface area contributed by atoms with E-state index < -0.39 is 0 Å². The molecule has 1 aliphatic heterocycles. The van der Waals surface area contributed by atoms with Crippen molar-refractivity contribution in [3.63, 3.8) is 0 Å². The summed E-state index contributed by atoms with van der Waals surface area (Å²) in [5.74, 6) is 1.83. The molecular weight excluding hydrogens is 448 g/mol. The van der Waals surface area contributed by atoms with Crippen molar-refractivity contribution in [2.45, 2.75) is 0 Å². The summed E-state index contributed by atoms with van der Waals surface area (Å²) in [5, 5.41) is 7.45. The maximum atomic E-state index is 6.39. The van der Waals surface area contributed by atoms with Gasteiger partial charge in [-0.15, -0.1) is 0 Å². The zero-order valence-corrected chi connectivity index (χ0v) is 20.1. The van der Waals surface area contributed by atoms with Gasteiger partial charge in [-0.3, -0.25) is 0 Å². The summed E-state index contributed by atoms with van der Waals surface area (Å²) in [6.45, 7) is 0. The van der Waals surface area contributed by atoms with E-state index in [2.05, 4.69) is 121 Å². The molecule has 7 aromatic carbocycles. The average Bonchev–Trinajstić information content (AvgIpc) is 2.97. The molecule has 0 spiro atoms. The van der Waals surface area contributed by atoms with Crippen LogP contribution in [0.4, 0.5) is 0 Å². The van der Waals surface area contributed by atoms with Crippen LogP contribution < -0.4 is 4.74 Å². The van der Waals surface area contributed by atoms with E-state index in [0.717, 1.165) is 17.1 Å². The molecule has 1 aliphatic rings. The Hall–Kier alpha value is -4.88. The Morgan fingerprint density at radius 3 is 1.62 bits per heavy atom. The molecule has 172 valence electrons. The van der Waals surface area contributed by atoms with Crippen LogP contribution in [0.1, 0.15) is 0 Å². The third-order valence-corrected chi connectivity index (χ3v) is 7.66. The monoisotopic (exact) mass is 470 g/mol. The van der Waals surface area contributed by atoms with Crippen LogP contribution in [0, 0.1) is 0 Å². The fourth-order valence-electron chi connectivity index (χ4n) is 6.13. The minimum atomic E-state index is 0.915. The molecule has 0 saturated carbocycles. The number of rotatable bonds is 2. The zero-order chi connectivity index (χ0) is 24.3. The second-order valence-corrected chi connectivity index (χ2v) is 9.64. The lowest BCUT2D eigenvalue weighted by atomic mass is 9.83. The highest BCUT2D eigenvalue weighted by Crippen LogP contribution is 2.51. The third kappa shape index (κ3) is 2.92. The summed E-state index contributed by atoms with van der Waals surface area (Å²) in [5.41, 5.74) is 7.40. The van der Waals surface area contributed by atoms with Crippen LogP contribution in [0.25, 0.3) is 65.7 Å². The first-order chi connectivity index (χ1) is 18.4. The molecule has 0 aromatic heterocycles. The molecular formula is C36H22O. The second-order valence-electron chi connectivity index (χ2n) is 9.64. The SMILES string of the molecule is c1ccc(-c2c3ccccc3c(-c3ccc4c5c(cccc35)-c3ccccc3O4)c3ccccc23)cc1. The number of fused-ring (bicyclic) bond motifs is 4. The number of hydrogen-bond donors (Lipinski definition) is 0. The lowest BCUT2D eigenvalue weighted by Gasteiger charge is -2.24. The van der Waals surface area contributed by atoms with Crippen LogP contribution in [-0.2, 0) is 0 Å². The van der Waals surface area contributed by atoms with Crippen molar-refractivity contribution in [2.24, 2.45) is 0 Å². The Balaban J connectivity index is 1.53. The lowest BCUT2D eigenvalue weighted by Crippen LogP contribution is -1.98. The maximum Gasteiger partial charge on any atom is 0.135 e. The summed E-state index contributed by atoms with van der Waals surface area (Å²) in [6.07, 6.45) is 0.